The van der Waals surface area contributed by atoms with Gasteiger partial charge >= 0.3 is 0 Å². The van der Waals surface area contributed by atoms with E-state index >= 15 is 0 Å². The summed E-state index contributed by atoms with van der Waals surface area (Å²) in [6.07, 6.45) is 6.64. The van der Waals surface area contributed by atoms with Crippen LogP contribution < -0.4 is 5.73 Å². The Morgan fingerprint density at radius 2 is 2.18 bits per heavy atom. The third kappa shape index (κ3) is 3.69. The maximum Gasteiger partial charge on any atom is 0.245 e. The van der Waals surface area contributed by atoms with E-state index in [9.17, 15) is 0 Å². The standard InChI is InChI=1S/C11H19N3O2S/c12-9(6-15)11-13-10(14-16-11)7-17-8-4-2-1-3-5-8/h8-9,15H,1-7,12H2/t9-/m0/s1. The van der Waals surface area contributed by atoms with Gasteiger partial charge in [-0.25, -0.2) is 0 Å². The van der Waals surface area contributed by atoms with Crippen molar-refractivity contribution in [3.63, 3.8) is 0 Å². The van der Waals surface area contributed by atoms with Crippen LogP contribution in [-0.2, 0) is 5.75 Å². The monoisotopic (exact) mass is 257 g/mol. The second-order valence-corrected chi connectivity index (χ2v) is 5.70. The molecule has 96 valence electrons. The van der Waals surface area contributed by atoms with E-state index in [0.717, 1.165) is 11.0 Å². The molecule has 0 unspecified atom stereocenters. The van der Waals surface area contributed by atoms with Gasteiger partial charge in [-0.1, -0.05) is 24.4 Å². The third-order valence-electron chi connectivity index (χ3n) is 3.00. The van der Waals surface area contributed by atoms with Crippen LogP contribution in [0.25, 0.3) is 0 Å². The molecule has 1 heterocycles. The normalized spacial score (nSPS) is 19.4. The Kier molecular flexibility index (Phi) is 4.82. The fourth-order valence-corrected chi connectivity index (χ4v) is 3.15. The van der Waals surface area contributed by atoms with Crippen LogP contribution >= 0.6 is 11.8 Å². The van der Waals surface area contributed by atoms with Crippen LogP contribution in [-0.4, -0.2) is 27.1 Å². The molecule has 1 fully saturated rings. The number of nitrogens with two attached hydrogens (primary N) is 1. The summed E-state index contributed by atoms with van der Waals surface area (Å²) < 4.78 is 5.00. The predicted molar refractivity (Wildman–Crippen MR) is 66.5 cm³/mol. The smallest absolute Gasteiger partial charge is 0.245 e. The SMILES string of the molecule is N[C@@H](CO)c1nc(CSC2CCCCC2)no1. The predicted octanol–water partition coefficient (Wildman–Crippen LogP) is 1.63. The number of thioether (sulfide) groups is 1. The van der Waals surface area contributed by atoms with Crippen molar-refractivity contribution >= 4 is 11.8 Å². The molecule has 0 aromatic carbocycles. The molecule has 5 nitrogen and oxygen atoms in total. The molecule has 1 saturated carbocycles. The van der Waals surface area contributed by atoms with Gasteiger partial charge in [-0.05, 0) is 12.8 Å². The Bertz CT molecular complexity index is 339. The Labute approximate surface area is 105 Å². The highest BCUT2D eigenvalue weighted by atomic mass is 32.2. The van der Waals surface area contributed by atoms with Crippen molar-refractivity contribution in [1.82, 2.24) is 10.1 Å². The number of rotatable bonds is 5. The Morgan fingerprint density at radius 1 is 1.41 bits per heavy atom. The third-order valence-corrected chi connectivity index (χ3v) is 4.37. The highest BCUT2D eigenvalue weighted by molar-refractivity contribution is 7.99. The summed E-state index contributed by atoms with van der Waals surface area (Å²) in [6, 6.07) is -0.559. The van der Waals surface area contributed by atoms with Crippen molar-refractivity contribution in [1.29, 1.82) is 0 Å². The number of aromatic nitrogens is 2. The van der Waals surface area contributed by atoms with Crippen LogP contribution in [0.15, 0.2) is 4.52 Å². The van der Waals surface area contributed by atoms with Gasteiger partial charge in [0.05, 0.1) is 12.4 Å². The molecule has 1 aliphatic carbocycles. The van der Waals surface area contributed by atoms with Gasteiger partial charge in [-0.3, -0.25) is 0 Å². The van der Waals surface area contributed by atoms with Crippen molar-refractivity contribution in [2.75, 3.05) is 6.61 Å². The second kappa shape index (κ2) is 6.37. The first-order chi connectivity index (χ1) is 8.29. The first-order valence-corrected chi connectivity index (χ1v) is 7.15. The quantitative estimate of drug-likeness (QED) is 0.834. The van der Waals surface area contributed by atoms with Gasteiger partial charge in [-0.2, -0.15) is 16.7 Å². The van der Waals surface area contributed by atoms with E-state index in [1.807, 2.05) is 11.8 Å². The molecule has 0 spiro atoms. The van der Waals surface area contributed by atoms with Crippen LogP contribution in [0.2, 0.25) is 0 Å². The first-order valence-electron chi connectivity index (χ1n) is 6.10. The zero-order chi connectivity index (χ0) is 12.1. The molecule has 1 aliphatic rings. The van der Waals surface area contributed by atoms with E-state index < -0.39 is 6.04 Å². The van der Waals surface area contributed by atoms with E-state index in [0.29, 0.717) is 11.7 Å². The van der Waals surface area contributed by atoms with Gasteiger partial charge in [-0.15, -0.1) is 0 Å². The molecular formula is C11H19N3O2S. The number of aliphatic hydroxyl groups excluding tert-OH is 1. The molecule has 0 bridgehead atoms. The molecule has 0 amide bonds. The molecule has 2 rings (SSSR count). The second-order valence-electron chi connectivity index (χ2n) is 4.41. The minimum Gasteiger partial charge on any atom is -0.394 e. The van der Waals surface area contributed by atoms with Crippen LogP contribution in [0, 0.1) is 0 Å². The minimum atomic E-state index is -0.559. The highest BCUT2D eigenvalue weighted by Crippen LogP contribution is 2.29. The molecule has 0 saturated heterocycles. The number of nitrogens with zero attached hydrogens (tertiary/aromatic N) is 2. The lowest BCUT2D eigenvalue weighted by molar-refractivity contribution is 0.236. The lowest BCUT2D eigenvalue weighted by atomic mass is 10.0. The Balaban J connectivity index is 1.80. The zero-order valence-electron chi connectivity index (χ0n) is 9.84. The summed E-state index contributed by atoms with van der Waals surface area (Å²) in [5, 5.41) is 13.5. The fraction of sp³-hybridized carbons (Fsp3) is 0.818. The topological polar surface area (TPSA) is 85.2 Å². The van der Waals surface area contributed by atoms with E-state index in [4.69, 9.17) is 15.4 Å². The van der Waals surface area contributed by atoms with Crippen LogP contribution in [0.5, 0.6) is 0 Å². The summed E-state index contributed by atoms with van der Waals surface area (Å²) in [6.45, 7) is -0.169. The number of hydrogen-bond donors (Lipinski definition) is 2. The van der Waals surface area contributed by atoms with Crippen molar-refractivity contribution in [2.45, 2.75) is 49.1 Å². The molecule has 0 aliphatic heterocycles. The van der Waals surface area contributed by atoms with Crippen molar-refractivity contribution < 1.29 is 9.63 Å². The summed E-state index contributed by atoms with van der Waals surface area (Å²) in [5.41, 5.74) is 5.59. The first kappa shape index (κ1) is 12.9. The maximum absolute atomic E-state index is 8.87. The van der Waals surface area contributed by atoms with Gasteiger partial charge < -0.3 is 15.4 Å². The van der Waals surface area contributed by atoms with Crippen molar-refractivity contribution in [3.8, 4) is 0 Å². The van der Waals surface area contributed by atoms with E-state index in [1.165, 1.54) is 32.1 Å². The molecule has 1 aromatic rings. The average Bonchev–Trinajstić information content (AvgIpc) is 2.85. The number of aliphatic hydroxyl groups is 1. The van der Waals surface area contributed by atoms with E-state index in [1.54, 1.807) is 0 Å². The van der Waals surface area contributed by atoms with Gasteiger partial charge in [0.15, 0.2) is 5.82 Å². The van der Waals surface area contributed by atoms with E-state index in [2.05, 4.69) is 10.1 Å². The lowest BCUT2D eigenvalue weighted by Gasteiger charge is -2.19. The summed E-state index contributed by atoms with van der Waals surface area (Å²) >= 11 is 1.89. The van der Waals surface area contributed by atoms with E-state index in [-0.39, 0.29) is 6.61 Å². The molecule has 0 radical (unpaired) electrons. The Morgan fingerprint density at radius 3 is 2.88 bits per heavy atom. The average molecular weight is 257 g/mol. The summed E-state index contributed by atoms with van der Waals surface area (Å²) in [7, 11) is 0. The van der Waals surface area contributed by atoms with Crippen molar-refractivity contribution in [2.24, 2.45) is 5.73 Å². The lowest BCUT2D eigenvalue weighted by Crippen LogP contribution is -2.14. The fourth-order valence-electron chi connectivity index (χ4n) is 1.98. The van der Waals surface area contributed by atoms with Gasteiger partial charge in [0, 0.05) is 5.25 Å². The van der Waals surface area contributed by atoms with Crippen LogP contribution in [0.3, 0.4) is 0 Å². The van der Waals surface area contributed by atoms with Crippen molar-refractivity contribution in [3.05, 3.63) is 11.7 Å². The van der Waals surface area contributed by atoms with Gasteiger partial charge in [0.25, 0.3) is 0 Å². The van der Waals surface area contributed by atoms with Crippen LogP contribution in [0.1, 0.15) is 49.9 Å². The number of hydrogen-bond acceptors (Lipinski definition) is 6. The molecule has 6 heteroatoms. The van der Waals surface area contributed by atoms with Gasteiger partial charge in [0.2, 0.25) is 5.89 Å². The molecule has 17 heavy (non-hydrogen) atoms. The molecule has 1 atom stereocenters. The summed E-state index contributed by atoms with van der Waals surface area (Å²) in [5.74, 6) is 1.78. The zero-order valence-corrected chi connectivity index (χ0v) is 10.7. The Hall–Kier alpha value is -0.590. The van der Waals surface area contributed by atoms with Gasteiger partial charge in [0.1, 0.15) is 6.04 Å². The minimum absolute atomic E-state index is 0.169. The molecular weight excluding hydrogens is 238 g/mol. The highest BCUT2D eigenvalue weighted by Gasteiger charge is 2.17. The maximum atomic E-state index is 8.87. The van der Waals surface area contributed by atoms with Crippen LogP contribution in [0.4, 0.5) is 0 Å². The largest absolute Gasteiger partial charge is 0.394 e. The molecule has 1 aromatic heterocycles. The summed E-state index contributed by atoms with van der Waals surface area (Å²) in [4.78, 5) is 4.18. The molecule has 3 N–H and O–H groups in total.